The molecule has 1 unspecified atom stereocenters. The fourth-order valence-electron chi connectivity index (χ4n) is 1.59. The maximum absolute atomic E-state index is 9.12. The van der Waals surface area contributed by atoms with E-state index in [-0.39, 0.29) is 12.1 Å². The second-order valence-corrected chi connectivity index (χ2v) is 5.16. The second-order valence-electron chi connectivity index (χ2n) is 4.39. The smallest absolute Gasteiger partial charge is 0.191 e. The lowest BCUT2D eigenvalue weighted by molar-refractivity contribution is 0.251. The Morgan fingerprint density at radius 3 is 2.56 bits per heavy atom. The highest BCUT2D eigenvalue weighted by Gasteiger charge is 2.22. The topological polar surface area (TPSA) is 70.1 Å². The largest absolute Gasteiger partial charge is 0.396 e. The van der Waals surface area contributed by atoms with Crippen molar-refractivity contribution in [1.29, 1.82) is 0 Å². The summed E-state index contributed by atoms with van der Waals surface area (Å²) in [6.07, 6.45) is 3.56. The number of anilines is 2. The van der Waals surface area contributed by atoms with Crippen LogP contribution >= 0.6 is 11.8 Å². The van der Waals surface area contributed by atoms with Gasteiger partial charge in [0.25, 0.3) is 0 Å². The Bertz CT molecular complexity index is 366. The van der Waals surface area contributed by atoms with Gasteiger partial charge < -0.3 is 15.7 Å². The molecule has 1 atom stereocenters. The molecule has 0 aromatic carbocycles. The van der Waals surface area contributed by atoms with Crippen LogP contribution in [-0.2, 0) is 0 Å². The highest BCUT2D eigenvalue weighted by molar-refractivity contribution is 7.98. The van der Waals surface area contributed by atoms with Crippen molar-refractivity contribution in [2.24, 2.45) is 0 Å². The monoisotopic (exact) mass is 270 g/mol. The third-order valence-corrected chi connectivity index (χ3v) is 3.57. The summed E-state index contributed by atoms with van der Waals surface area (Å²) in [7, 11) is 1.84. The molecule has 0 amide bonds. The number of hydrogen-bond acceptors (Lipinski definition) is 6. The average Bonchev–Trinajstić information content (AvgIpc) is 2.38. The van der Waals surface area contributed by atoms with Gasteiger partial charge in [-0.3, -0.25) is 0 Å². The van der Waals surface area contributed by atoms with Crippen LogP contribution in [-0.4, -0.2) is 40.5 Å². The van der Waals surface area contributed by atoms with E-state index in [9.17, 15) is 0 Å². The number of nitrogens with one attached hydrogen (secondary N) is 2. The van der Waals surface area contributed by atoms with Gasteiger partial charge in [-0.1, -0.05) is 18.7 Å². The minimum Gasteiger partial charge on any atom is -0.396 e. The van der Waals surface area contributed by atoms with Gasteiger partial charge in [0.2, 0.25) is 0 Å². The first-order valence-electron chi connectivity index (χ1n) is 6.06. The molecule has 6 heteroatoms. The maximum atomic E-state index is 9.12. The van der Waals surface area contributed by atoms with Gasteiger partial charge in [-0.15, -0.1) is 0 Å². The molecule has 3 N–H and O–H groups in total. The van der Waals surface area contributed by atoms with E-state index in [0.717, 1.165) is 23.2 Å². The van der Waals surface area contributed by atoms with Crippen molar-refractivity contribution in [2.45, 2.75) is 37.4 Å². The van der Waals surface area contributed by atoms with Crippen molar-refractivity contribution in [3.63, 3.8) is 0 Å². The van der Waals surface area contributed by atoms with E-state index in [1.54, 1.807) is 0 Å². The summed E-state index contributed by atoms with van der Waals surface area (Å²) < 4.78 is 0. The summed E-state index contributed by atoms with van der Waals surface area (Å²) in [5.41, 5.74) is -0.149. The normalized spacial score (nSPS) is 14.1. The zero-order chi connectivity index (χ0) is 13.6. The molecule has 1 aromatic heterocycles. The summed E-state index contributed by atoms with van der Waals surface area (Å²) >= 11 is 1.51. The summed E-state index contributed by atoms with van der Waals surface area (Å²) in [5, 5.41) is 16.3. The summed E-state index contributed by atoms with van der Waals surface area (Å²) in [5.74, 6) is 1.58. The fourth-order valence-corrected chi connectivity index (χ4v) is 1.97. The fraction of sp³-hybridized carbons (Fsp3) is 0.667. The van der Waals surface area contributed by atoms with Gasteiger partial charge in [-0.2, -0.15) is 0 Å². The Balaban J connectivity index is 2.94. The first-order valence-corrected chi connectivity index (χ1v) is 7.29. The van der Waals surface area contributed by atoms with Crippen molar-refractivity contribution in [1.82, 2.24) is 9.97 Å². The summed E-state index contributed by atoms with van der Waals surface area (Å²) in [4.78, 5) is 8.76. The Kier molecular flexibility index (Phi) is 5.68. The standard InChI is InChI=1S/C12H22N4OS/c1-5-12(2,6-7-17)16-10-8-9(13-3)14-11(15-10)18-4/h8,17H,5-7H2,1-4H3,(H2,13,14,15,16). The molecule has 0 radical (unpaired) electrons. The molecule has 0 aliphatic carbocycles. The number of aromatic nitrogens is 2. The predicted octanol–water partition coefficient (Wildman–Crippen LogP) is 2.20. The number of nitrogens with zero attached hydrogens (tertiary/aromatic N) is 2. The lowest BCUT2D eigenvalue weighted by Crippen LogP contribution is -2.35. The highest BCUT2D eigenvalue weighted by Crippen LogP contribution is 2.23. The predicted molar refractivity (Wildman–Crippen MR) is 77.4 cm³/mol. The van der Waals surface area contributed by atoms with Crippen LogP contribution in [0.25, 0.3) is 0 Å². The van der Waals surface area contributed by atoms with Crippen LogP contribution in [0.3, 0.4) is 0 Å². The van der Waals surface area contributed by atoms with E-state index in [4.69, 9.17) is 5.11 Å². The zero-order valence-corrected chi connectivity index (χ0v) is 12.3. The maximum Gasteiger partial charge on any atom is 0.191 e. The first kappa shape index (κ1) is 15.0. The Morgan fingerprint density at radius 1 is 1.39 bits per heavy atom. The molecule has 102 valence electrons. The average molecular weight is 270 g/mol. The number of thioether (sulfide) groups is 1. The molecule has 18 heavy (non-hydrogen) atoms. The number of rotatable bonds is 7. The number of aliphatic hydroxyl groups excluding tert-OH is 1. The van der Waals surface area contributed by atoms with Crippen LogP contribution in [0, 0.1) is 0 Å². The van der Waals surface area contributed by atoms with E-state index in [2.05, 4.69) is 34.4 Å². The SMILES string of the molecule is CCC(C)(CCO)Nc1cc(NC)nc(SC)n1. The van der Waals surface area contributed by atoms with Gasteiger partial charge in [-0.25, -0.2) is 9.97 Å². The summed E-state index contributed by atoms with van der Waals surface area (Å²) in [6.45, 7) is 4.35. The van der Waals surface area contributed by atoms with Crippen molar-refractivity contribution in [3.8, 4) is 0 Å². The van der Waals surface area contributed by atoms with E-state index >= 15 is 0 Å². The second kappa shape index (κ2) is 6.80. The van der Waals surface area contributed by atoms with E-state index in [0.29, 0.717) is 6.42 Å². The molecular weight excluding hydrogens is 248 g/mol. The lowest BCUT2D eigenvalue weighted by Gasteiger charge is -2.29. The Labute approximate surface area is 113 Å². The molecular formula is C12H22N4OS. The van der Waals surface area contributed by atoms with Gasteiger partial charge >= 0.3 is 0 Å². The van der Waals surface area contributed by atoms with Crippen molar-refractivity contribution >= 4 is 23.4 Å². The van der Waals surface area contributed by atoms with Gasteiger partial charge in [0.05, 0.1) is 0 Å². The van der Waals surface area contributed by atoms with Gasteiger partial charge in [-0.05, 0) is 26.0 Å². The van der Waals surface area contributed by atoms with Gasteiger partial charge in [0, 0.05) is 25.3 Å². The van der Waals surface area contributed by atoms with Crippen LogP contribution in [0.15, 0.2) is 11.2 Å². The highest BCUT2D eigenvalue weighted by atomic mass is 32.2. The van der Waals surface area contributed by atoms with E-state index in [1.807, 2.05) is 19.4 Å². The van der Waals surface area contributed by atoms with E-state index in [1.165, 1.54) is 11.8 Å². The molecule has 0 fully saturated rings. The molecule has 5 nitrogen and oxygen atoms in total. The number of aliphatic hydroxyl groups is 1. The number of hydrogen-bond donors (Lipinski definition) is 3. The van der Waals surface area contributed by atoms with Gasteiger partial charge in [0.1, 0.15) is 11.6 Å². The minimum atomic E-state index is -0.149. The van der Waals surface area contributed by atoms with Crippen molar-refractivity contribution in [3.05, 3.63) is 6.07 Å². The van der Waals surface area contributed by atoms with Crippen LogP contribution in [0.1, 0.15) is 26.7 Å². The molecule has 0 spiro atoms. The van der Waals surface area contributed by atoms with Crippen LogP contribution in [0.2, 0.25) is 0 Å². The Morgan fingerprint density at radius 2 is 2.06 bits per heavy atom. The first-order chi connectivity index (χ1) is 8.56. The molecule has 0 saturated heterocycles. The van der Waals surface area contributed by atoms with Crippen LogP contribution < -0.4 is 10.6 Å². The lowest BCUT2D eigenvalue weighted by atomic mass is 9.95. The molecule has 0 aliphatic heterocycles. The van der Waals surface area contributed by atoms with Crippen LogP contribution in [0.4, 0.5) is 11.6 Å². The molecule has 0 aliphatic rings. The molecule has 1 rings (SSSR count). The molecule has 1 aromatic rings. The van der Waals surface area contributed by atoms with Crippen molar-refractivity contribution < 1.29 is 5.11 Å². The molecule has 0 bridgehead atoms. The minimum absolute atomic E-state index is 0.149. The third-order valence-electron chi connectivity index (χ3n) is 3.02. The van der Waals surface area contributed by atoms with Gasteiger partial charge in [0.15, 0.2) is 5.16 Å². The van der Waals surface area contributed by atoms with Crippen molar-refractivity contribution in [2.75, 3.05) is 30.5 Å². The van der Waals surface area contributed by atoms with Crippen LogP contribution in [0.5, 0.6) is 0 Å². The third kappa shape index (κ3) is 4.03. The Hall–Kier alpha value is -1.01. The molecule has 0 saturated carbocycles. The summed E-state index contributed by atoms with van der Waals surface area (Å²) in [6, 6.07) is 1.88. The molecule has 1 heterocycles. The zero-order valence-electron chi connectivity index (χ0n) is 11.4. The van der Waals surface area contributed by atoms with E-state index < -0.39 is 0 Å². The quantitative estimate of drug-likeness (QED) is 0.521.